The van der Waals surface area contributed by atoms with Gasteiger partial charge in [-0.05, 0) is 44.0 Å². The van der Waals surface area contributed by atoms with E-state index in [1.807, 2.05) is 6.92 Å². The van der Waals surface area contributed by atoms with Crippen molar-refractivity contribution in [1.82, 2.24) is 5.32 Å². The van der Waals surface area contributed by atoms with Gasteiger partial charge >= 0.3 is 5.97 Å². The van der Waals surface area contributed by atoms with Crippen LogP contribution in [0.3, 0.4) is 0 Å². The number of carboxylic acids is 1. The molecule has 2 amide bonds. The number of hydrogen-bond acceptors (Lipinski definition) is 4. The average Bonchev–Trinajstić information content (AvgIpc) is 3.28. The summed E-state index contributed by atoms with van der Waals surface area (Å²) in [5.41, 5.74) is -0.782. The molecule has 7 heteroatoms. The van der Waals surface area contributed by atoms with E-state index in [0.717, 1.165) is 0 Å². The van der Waals surface area contributed by atoms with Gasteiger partial charge in [-0.3, -0.25) is 14.4 Å². The van der Waals surface area contributed by atoms with E-state index in [0.29, 0.717) is 30.8 Å². The molecule has 1 aliphatic carbocycles. The monoisotopic (exact) mass is 306 g/mol. The second-order valence-electron chi connectivity index (χ2n) is 5.11. The fraction of sp³-hybridized carbons (Fsp3) is 0.400. The van der Waals surface area contributed by atoms with Gasteiger partial charge in [0.2, 0.25) is 5.91 Å². The Kier molecular flexibility index (Phi) is 4.65. The summed E-state index contributed by atoms with van der Waals surface area (Å²) in [6.07, 6.45) is 0.726. The molecular formula is C15H18N2O5. The average molecular weight is 306 g/mol. The first kappa shape index (κ1) is 15.8. The van der Waals surface area contributed by atoms with E-state index in [4.69, 9.17) is 9.84 Å². The van der Waals surface area contributed by atoms with Crippen molar-refractivity contribution in [2.24, 2.45) is 5.41 Å². The van der Waals surface area contributed by atoms with Gasteiger partial charge in [-0.25, -0.2) is 0 Å². The van der Waals surface area contributed by atoms with E-state index in [1.54, 1.807) is 24.3 Å². The van der Waals surface area contributed by atoms with Gasteiger partial charge in [-0.15, -0.1) is 0 Å². The quantitative estimate of drug-likeness (QED) is 0.652. The lowest BCUT2D eigenvalue weighted by molar-refractivity contribution is -0.147. The fourth-order valence-electron chi connectivity index (χ4n) is 1.95. The minimum absolute atomic E-state index is 0.0817. The first-order chi connectivity index (χ1) is 10.5. The molecule has 0 aromatic heterocycles. The molecular weight excluding hydrogens is 288 g/mol. The zero-order chi connectivity index (χ0) is 16.2. The van der Waals surface area contributed by atoms with Crippen LogP contribution in [0, 0.1) is 5.41 Å². The summed E-state index contributed by atoms with van der Waals surface area (Å²) in [4.78, 5) is 34.2. The van der Waals surface area contributed by atoms with Crippen molar-refractivity contribution in [3.63, 3.8) is 0 Å². The molecule has 7 nitrogen and oxygen atoms in total. The summed E-state index contributed by atoms with van der Waals surface area (Å²) >= 11 is 0. The predicted octanol–water partition coefficient (Wildman–Crippen LogP) is 1.00. The lowest BCUT2D eigenvalue weighted by atomic mass is 10.1. The van der Waals surface area contributed by atoms with Gasteiger partial charge in [-0.2, -0.15) is 0 Å². The molecule has 0 aliphatic heterocycles. The number of carboxylic acid groups (broad SMARTS) is 1. The van der Waals surface area contributed by atoms with Gasteiger partial charge < -0.3 is 20.5 Å². The third-order valence-electron chi connectivity index (χ3n) is 3.45. The van der Waals surface area contributed by atoms with Gasteiger partial charge in [0.1, 0.15) is 11.2 Å². The maximum Gasteiger partial charge on any atom is 0.319 e. The molecule has 118 valence electrons. The van der Waals surface area contributed by atoms with Crippen molar-refractivity contribution in [2.75, 3.05) is 18.5 Å². The Hall–Kier alpha value is -2.57. The van der Waals surface area contributed by atoms with Crippen LogP contribution in [0.4, 0.5) is 5.69 Å². The van der Waals surface area contributed by atoms with Crippen LogP contribution in [0.2, 0.25) is 0 Å². The molecule has 0 saturated heterocycles. The highest BCUT2D eigenvalue weighted by molar-refractivity contribution is 6.10. The van der Waals surface area contributed by atoms with Gasteiger partial charge in [0.25, 0.3) is 5.91 Å². The summed E-state index contributed by atoms with van der Waals surface area (Å²) in [6, 6.07) is 6.41. The molecule has 1 aromatic rings. The van der Waals surface area contributed by atoms with Crippen LogP contribution < -0.4 is 15.4 Å². The molecule has 2 rings (SSSR count). The van der Waals surface area contributed by atoms with Crippen LogP contribution in [0.25, 0.3) is 0 Å². The first-order valence-electron chi connectivity index (χ1n) is 7.02. The first-order valence-corrected chi connectivity index (χ1v) is 7.02. The predicted molar refractivity (Wildman–Crippen MR) is 78.6 cm³/mol. The minimum atomic E-state index is -1.27. The van der Waals surface area contributed by atoms with Crippen LogP contribution in [-0.4, -0.2) is 36.0 Å². The zero-order valence-electron chi connectivity index (χ0n) is 12.2. The van der Waals surface area contributed by atoms with Crippen molar-refractivity contribution >= 4 is 23.5 Å². The van der Waals surface area contributed by atoms with E-state index < -0.39 is 17.3 Å². The minimum Gasteiger partial charge on any atom is -0.484 e. The summed E-state index contributed by atoms with van der Waals surface area (Å²) < 4.78 is 5.28. The van der Waals surface area contributed by atoms with Gasteiger partial charge in [0.15, 0.2) is 6.61 Å². The van der Waals surface area contributed by atoms with Crippen molar-refractivity contribution in [3.05, 3.63) is 24.3 Å². The number of benzene rings is 1. The molecule has 0 bridgehead atoms. The van der Waals surface area contributed by atoms with E-state index >= 15 is 0 Å². The molecule has 0 atom stereocenters. The van der Waals surface area contributed by atoms with E-state index in [9.17, 15) is 14.4 Å². The van der Waals surface area contributed by atoms with Crippen molar-refractivity contribution in [2.45, 2.75) is 19.8 Å². The van der Waals surface area contributed by atoms with E-state index in [2.05, 4.69) is 10.6 Å². The lowest BCUT2D eigenvalue weighted by Gasteiger charge is -2.11. The molecule has 22 heavy (non-hydrogen) atoms. The van der Waals surface area contributed by atoms with Gasteiger partial charge in [0, 0.05) is 12.2 Å². The Morgan fingerprint density at radius 3 is 2.36 bits per heavy atom. The molecule has 3 N–H and O–H groups in total. The van der Waals surface area contributed by atoms with Crippen LogP contribution in [-0.2, 0) is 14.4 Å². The highest BCUT2D eigenvalue weighted by Gasteiger charge is 2.57. The molecule has 1 saturated carbocycles. The number of likely N-dealkylation sites (N-methyl/N-ethyl adjacent to an activating group) is 1. The Labute approximate surface area is 127 Å². The third kappa shape index (κ3) is 3.55. The molecule has 1 fully saturated rings. The van der Waals surface area contributed by atoms with E-state index in [1.165, 1.54) is 0 Å². The number of anilines is 1. The fourth-order valence-corrected chi connectivity index (χ4v) is 1.95. The van der Waals surface area contributed by atoms with Crippen LogP contribution in [0.5, 0.6) is 5.75 Å². The third-order valence-corrected chi connectivity index (χ3v) is 3.45. The second kappa shape index (κ2) is 6.46. The molecule has 0 heterocycles. The largest absolute Gasteiger partial charge is 0.484 e. The Bertz CT molecular complexity index is 578. The number of carbonyl (C=O) groups excluding carboxylic acids is 2. The summed E-state index contributed by atoms with van der Waals surface area (Å²) in [7, 11) is 0. The maximum absolute atomic E-state index is 11.9. The summed E-state index contributed by atoms with van der Waals surface area (Å²) in [5, 5.41) is 14.2. The standard InChI is InChI=1S/C15H18N2O5/c1-2-16-12(18)9-22-11-5-3-10(4-6-11)17-13(19)15(7-8-15)14(20)21/h3-6H,2,7-9H2,1H3,(H,16,18)(H,17,19)(H,20,21). The Balaban J connectivity index is 1.88. The molecule has 0 unspecified atom stereocenters. The molecule has 1 aliphatic rings. The Morgan fingerprint density at radius 2 is 1.86 bits per heavy atom. The zero-order valence-corrected chi connectivity index (χ0v) is 12.2. The van der Waals surface area contributed by atoms with Crippen molar-refractivity contribution < 1.29 is 24.2 Å². The number of rotatable bonds is 7. The van der Waals surface area contributed by atoms with Gasteiger partial charge in [0.05, 0.1) is 0 Å². The number of carbonyl (C=O) groups is 3. The number of amides is 2. The number of nitrogens with one attached hydrogen (secondary N) is 2. The van der Waals surface area contributed by atoms with E-state index in [-0.39, 0.29) is 12.5 Å². The SMILES string of the molecule is CCNC(=O)COc1ccc(NC(=O)C2(C(=O)O)CC2)cc1. The maximum atomic E-state index is 11.9. The van der Waals surface area contributed by atoms with Gasteiger partial charge in [-0.1, -0.05) is 0 Å². The van der Waals surface area contributed by atoms with Crippen molar-refractivity contribution in [1.29, 1.82) is 0 Å². The van der Waals surface area contributed by atoms with Crippen molar-refractivity contribution in [3.8, 4) is 5.75 Å². The molecule has 1 aromatic carbocycles. The summed E-state index contributed by atoms with van der Waals surface area (Å²) in [5.74, 6) is -1.32. The number of ether oxygens (including phenoxy) is 1. The number of hydrogen-bond donors (Lipinski definition) is 3. The highest BCUT2D eigenvalue weighted by atomic mass is 16.5. The molecule has 0 radical (unpaired) electrons. The van der Waals surface area contributed by atoms with Crippen LogP contribution in [0.15, 0.2) is 24.3 Å². The summed E-state index contributed by atoms with van der Waals surface area (Å²) in [6.45, 7) is 2.28. The smallest absolute Gasteiger partial charge is 0.319 e. The van der Waals surface area contributed by atoms with Crippen LogP contribution in [0.1, 0.15) is 19.8 Å². The Morgan fingerprint density at radius 1 is 1.23 bits per heavy atom. The highest BCUT2D eigenvalue weighted by Crippen LogP contribution is 2.46. The second-order valence-corrected chi connectivity index (χ2v) is 5.11. The number of aliphatic carboxylic acids is 1. The lowest BCUT2D eigenvalue weighted by Crippen LogP contribution is -2.31. The molecule has 0 spiro atoms. The normalized spacial score (nSPS) is 14.8. The topological polar surface area (TPSA) is 105 Å². The van der Waals surface area contributed by atoms with Crippen LogP contribution >= 0.6 is 0 Å².